The first kappa shape index (κ1) is 40.4. The number of nitrogens with zero attached hydrogens (tertiary/aromatic N) is 3. The molecule has 0 bridgehead atoms. The van der Waals surface area contributed by atoms with Crippen molar-refractivity contribution in [1.29, 1.82) is 0 Å². The molecular formula is C33H38ClF5N4O6S. The van der Waals surface area contributed by atoms with Gasteiger partial charge in [0.2, 0.25) is 0 Å². The van der Waals surface area contributed by atoms with Gasteiger partial charge in [-0.25, -0.2) is 4.79 Å². The third kappa shape index (κ3) is 10.5. The molecule has 2 aromatic carbocycles. The highest BCUT2D eigenvalue weighted by atomic mass is 35.5. The van der Waals surface area contributed by atoms with Gasteiger partial charge >= 0.3 is 30.5 Å². The molecule has 0 aliphatic carbocycles. The number of ether oxygens (including phenoxy) is 2. The van der Waals surface area contributed by atoms with Gasteiger partial charge in [0, 0.05) is 25.2 Å². The summed E-state index contributed by atoms with van der Waals surface area (Å²) in [5.41, 5.74) is -1.22. The maximum absolute atomic E-state index is 13.5. The molecule has 1 saturated heterocycles. The summed E-state index contributed by atoms with van der Waals surface area (Å²) >= 11 is 5.90. The Morgan fingerprint density at radius 3 is 2.34 bits per heavy atom. The molecule has 4 rings (SSSR count). The minimum atomic E-state index is -4.53. The van der Waals surface area contributed by atoms with Crippen molar-refractivity contribution >= 4 is 35.2 Å². The largest absolute Gasteiger partial charge is 0.445 e. The zero-order valence-electron chi connectivity index (χ0n) is 27.8. The van der Waals surface area contributed by atoms with Gasteiger partial charge in [-0.15, -0.1) is 0 Å². The standard InChI is InChI=1S/C33H38ClF5N4O4.O2S/c1-5-43-28(24-14-12-22(15-25(24)47-30(35)36)16-32(3,4)33(37,38)39)26(34)27(41-43)29(44)40-17-23-13-11-20(2)18-42(23)31(45)46-19-21-9-7-6-8-10-21;1-3-2/h6-10,12,14-15,20,23,30H,5,11,13,16-19H2,1-4H3,(H,40,44);/t20-,23-;/m0./s1. The van der Waals surface area contributed by atoms with E-state index < -0.39 is 53.9 Å². The van der Waals surface area contributed by atoms with Crippen molar-refractivity contribution < 1.29 is 49.4 Å². The number of aryl methyl sites for hydroxylation is 1. The Kier molecular flexibility index (Phi) is 14.3. The molecule has 2 amide bonds. The lowest BCUT2D eigenvalue weighted by Gasteiger charge is -2.37. The summed E-state index contributed by atoms with van der Waals surface area (Å²) in [6.07, 6.45) is -4.06. The van der Waals surface area contributed by atoms with Crippen molar-refractivity contribution in [2.24, 2.45) is 11.3 Å². The molecular weight excluding hydrogens is 711 g/mol. The molecule has 0 spiro atoms. The fourth-order valence-corrected chi connectivity index (χ4v) is 5.81. The van der Waals surface area contributed by atoms with Gasteiger partial charge in [-0.2, -0.15) is 35.5 Å². The van der Waals surface area contributed by atoms with E-state index in [-0.39, 0.29) is 59.2 Å². The number of likely N-dealkylation sites (tertiary alicyclic amines) is 1. The third-order valence-electron chi connectivity index (χ3n) is 8.22. The van der Waals surface area contributed by atoms with Crippen molar-refractivity contribution in [3.05, 3.63) is 70.4 Å². The Bertz CT molecular complexity index is 1650. The van der Waals surface area contributed by atoms with Gasteiger partial charge in [0.1, 0.15) is 12.4 Å². The highest BCUT2D eigenvalue weighted by molar-refractivity contribution is 7.51. The van der Waals surface area contributed by atoms with Crippen LogP contribution in [-0.4, -0.2) is 67.0 Å². The number of halogens is 6. The molecule has 0 unspecified atom stereocenters. The van der Waals surface area contributed by atoms with Crippen LogP contribution in [0, 0.1) is 11.3 Å². The van der Waals surface area contributed by atoms with Gasteiger partial charge in [0.25, 0.3) is 5.91 Å². The van der Waals surface area contributed by atoms with Gasteiger partial charge in [-0.1, -0.05) is 68.8 Å². The Labute approximate surface area is 294 Å². The quantitative estimate of drug-likeness (QED) is 0.202. The first-order valence-electron chi connectivity index (χ1n) is 15.6. The molecule has 10 nitrogen and oxygen atoms in total. The second kappa shape index (κ2) is 17.7. The Hall–Kier alpha value is -4.05. The molecule has 1 aliphatic rings. The van der Waals surface area contributed by atoms with Crippen LogP contribution in [0.2, 0.25) is 5.02 Å². The zero-order valence-corrected chi connectivity index (χ0v) is 29.3. The summed E-state index contributed by atoms with van der Waals surface area (Å²) in [6.45, 7) is 3.31. The van der Waals surface area contributed by atoms with Crippen molar-refractivity contribution in [1.82, 2.24) is 20.0 Å². The maximum Gasteiger partial charge on any atom is 0.410 e. The molecule has 1 N–H and O–H groups in total. The van der Waals surface area contributed by atoms with Crippen molar-refractivity contribution in [2.75, 3.05) is 13.1 Å². The molecule has 0 radical (unpaired) electrons. The van der Waals surface area contributed by atoms with E-state index in [1.165, 1.54) is 16.8 Å². The average molecular weight is 749 g/mol. The number of piperidine rings is 1. The molecule has 274 valence electrons. The molecule has 1 aliphatic heterocycles. The van der Waals surface area contributed by atoms with E-state index in [1.807, 2.05) is 37.3 Å². The van der Waals surface area contributed by atoms with Gasteiger partial charge in [0.15, 0.2) is 5.69 Å². The summed E-state index contributed by atoms with van der Waals surface area (Å²) in [5, 5.41) is 6.95. The fourth-order valence-electron chi connectivity index (χ4n) is 5.49. The number of hydrogen-bond donors (Lipinski definition) is 1. The van der Waals surface area contributed by atoms with E-state index in [0.717, 1.165) is 31.9 Å². The summed E-state index contributed by atoms with van der Waals surface area (Å²) in [7, 11) is 0. The Morgan fingerprint density at radius 1 is 1.08 bits per heavy atom. The monoisotopic (exact) mass is 748 g/mol. The Morgan fingerprint density at radius 2 is 1.74 bits per heavy atom. The van der Waals surface area contributed by atoms with E-state index in [9.17, 15) is 31.5 Å². The summed E-state index contributed by atoms with van der Waals surface area (Å²) in [4.78, 5) is 28.0. The van der Waals surface area contributed by atoms with Crippen LogP contribution in [0.1, 0.15) is 62.2 Å². The normalized spacial score (nSPS) is 16.3. The zero-order chi connectivity index (χ0) is 37.2. The average Bonchev–Trinajstić information content (AvgIpc) is 3.38. The van der Waals surface area contributed by atoms with Crippen LogP contribution < -0.4 is 10.1 Å². The number of alkyl halides is 5. The van der Waals surface area contributed by atoms with Gasteiger partial charge in [0.05, 0.1) is 22.2 Å². The van der Waals surface area contributed by atoms with Gasteiger partial charge < -0.3 is 19.7 Å². The lowest BCUT2D eigenvalue weighted by molar-refractivity contribution is -0.211. The van der Waals surface area contributed by atoms with E-state index >= 15 is 0 Å². The minimum absolute atomic E-state index is 0.0332. The second-order valence-corrected chi connectivity index (χ2v) is 12.9. The van der Waals surface area contributed by atoms with E-state index in [2.05, 4.69) is 10.4 Å². The number of nitrogens with one attached hydrogen (secondary N) is 1. The van der Waals surface area contributed by atoms with Gasteiger partial charge in [-0.05, 0) is 55.4 Å². The van der Waals surface area contributed by atoms with Crippen LogP contribution in [0.4, 0.5) is 26.7 Å². The molecule has 17 heteroatoms. The molecule has 0 saturated carbocycles. The third-order valence-corrected chi connectivity index (χ3v) is 8.58. The highest BCUT2D eigenvalue weighted by Crippen LogP contribution is 2.43. The van der Waals surface area contributed by atoms with E-state index in [4.69, 9.17) is 29.5 Å². The summed E-state index contributed by atoms with van der Waals surface area (Å²) in [5.74, 6) is -0.821. The lowest BCUT2D eigenvalue weighted by atomic mass is 9.84. The first-order valence-corrected chi connectivity index (χ1v) is 16.7. The molecule has 50 heavy (non-hydrogen) atoms. The molecule has 3 aromatic rings. The minimum Gasteiger partial charge on any atom is -0.445 e. The number of carbonyl (C=O) groups is 2. The molecule has 1 fully saturated rings. The van der Waals surface area contributed by atoms with Crippen LogP contribution in [0.25, 0.3) is 11.3 Å². The first-order chi connectivity index (χ1) is 23.5. The van der Waals surface area contributed by atoms with Crippen molar-refractivity contribution in [2.45, 2.75) is 78.9 Å². The summed E-state index contributed by atoms with van der Waals surface area (Å²) in [6, 6.07) is 12.7. The number of amides is 2. The van der Waals surface area contributed by atoms with Gasteiger partial charge in [-0.3, -0.25) is 9.48 Å². The van der Waals surface area contributed by atoms with Crippen LogP contribution in [0.3, 0.4) is 0 Å². The number of hydrogen-bond acceptors (Lipinski definition) is 7. The van der Waals surface area contributed by atoms with Crippen molar-refractivity contribution in [3.63, 3.8) is 0 Å². The van der Waals surface area contributed by atoms with Crippen LogP contribution in [0.5, 0.6) is 5.75 Å². The molecule has 2 atom stereocenters. The number of benzene rings is 2. The van der Waals surface area contributed by atoms with Crippen LogP contribution in [0.15, 0.2) is 48.5 Å². The topological polar surface area (TPSA) is 120 Å². The lowest BCUT2D eigenvalue weighted by Crippen LogP contribution is -2.51. The number of aromatic nitrogens is 2. The predicted octanol–water partition coefficient (Wildman–Crippen LogP) is 7.45. The Balaban J connectivity index is 0.00000217. The summed E-state index contributed by atoms with van der Waals surface area (Å²) < 4.78 is 95.7. The smallest absolute Gasteiger partial charge is 0.410 e. The van der Waals surface area contributed by atoms with Crippen LogP contribution >= 0.6 is 11.6 Å². The fraction of sp³-hybridized carbons (Fsp3) is 0.485. The highest BCUT2D eigenvalue weighted by Gasteiger charge is 2.47. The van der Waals surface area contributed by atoms with Crippen LogP contribution in [-0.2, 0) is 35.9 Å². The molecule has 1 aromatic heterocycles. The predicted molar refractivity (Wildman–Crippen MR) is 175 cm³/mol. The second-order valence-electron chi connectivity index (χ2n) is 12.4. The maximum atomic E-state index is 13.5. The number of carbonyl (C=O) groups excluding carboxylic acids is 2. The van der Waals surface area contributed by atoms with E-state index in [1.54, 1.807) is 11.8 Å². The number of rotatable bonds is 11. The SMILES string of the molecule is CCn1nc(C(=O)NC[C@@H]2CC[C@H](C)CN2C(=O)OCc2ccccc2)c(Cl)c1-c1ccc(CC(C)(C)C(F)(F)F)cc1OC(F)F.O=S=O. The van der Waals surface area contributed by atoms with Crippen molar-refractivity contribution in [3.8, 4) is 17.0 Å². The molecule has 2 heterocycles. The van der Waals surface area contributed by atoms with E-state index in [0.29, 0.717) is 13.0 Å².